The molecule has 2 N–H and O–H groups in total. The van der Waals surface area contributed by atoms with Crippen LogP contribution in [0.3, 0.4) is 0 Å². The topological polar surface area (TPSA) is 97.0 Å². The molecule has 38 heavy (non-hydrogen) atoms. The predicted octanol–water partition coefficient (Wildman–Crippen LogP) is 5.24. The molecule has 196 valence electrons. The Morgan fingerprint density at radius 3 is 2.47 bits per heavy atom. The highest BCUT2D eigenvalue weighted by molar-refractivity contribution is 9.10. The zero-order chi connectivity index (χ0) is 27.2. The average molecular weight is 586 g/mol. The molecule has 11 heteroatoms. The Morgan fingerprint density at radius 1 is 1.05 bits per heavy atom. The lowest BCUT2D eigenvalue weighted by molar-refractivity contribution is -0.123. The maximum atomic E-state index is 14.0. The summed E-state index contributed by atoms with van der Waals surface area (Å²) in [6.45, 7) is 1.51. The second kappa shape index (κ2) is 11.9. The predicted molar refractivity (Wildman–Crippen MR) is 139 cm³/mol. The molecule has 1 saturated heterocycles. The van der Waals surface area contributed by atoms with Crippen molar-refractivity contribution in [3.05, 3.63) is 93.6 Å². The molecule has 0 bridgehead atoms. The van der Waals surface area contributed by atoms with E-state index in [1.54, 1.807) is 25.1 Å². The molecule has 1 fully saturated rings. The van der Waals surface area contributed by atoms with Gasteiger partial charge in [-0.15, -0.1) is 0 Å². The van der Waals surface area contributed by atoms with Gasteiger partial charge in [0, 0.05) is 15.7 Å². The van der Waals surface area contributed by atoms with Gasteiger partial charge < -0.3 is 20.1 Å². The Morgan fingerprint density at radius 2 is 1.76 bits per heavy atom. The summed E-state index contributed by atoms with van der Waals surface area (Å²) in [7, 11) is 0. The van der Waals surface area contributed by atoms with Crippen molar-refractivity contribution in [1.82, 2.24) is 10.2 Å². The molecule has 1 heterocycles. The molecule has 0 saturated carbocycles. The number of carbonyl (C=O) groups excluding carboxylic acids is 3. The quantitative estimate of drug-likeness (QED) is 0.264. The minimum atomic E-state index is -0.669. The molecule has 1 aliphatic rings. The van der Waals surface area contributed by atoms with E-state index in [9.17, 15) is 23.2 Å². The Hall–Kier alpha value is -4.25. The minimum absolute atomic E-state index is 0.00170. The number of carbonyl (C=O) groups is 3. The molecule has 0 radical (unpaired) electrons. The summed E-state index contributed by atoms with van der Waals surface area (Å²) < 4.78 is 38.9. The number of hydrogen-bond acceptors (Lipinski definition) is 5. The number of ether oxygens (including phenoxy) is 2. The lowest BCUT2D eigenvalue weighted by Gasteiger charge is -2.14. The standard InChI is InChI=1S/C27H22BrF2N3O5/c1-2-37-23-12-17(11-22-26(35)33(27(36)32-22)14-16-5-3-4-6-21(16)30)20(28)13-24(23)38-15-25(34)31-19-9-7-18(29)8-10-19/h3-13H,2,14-15H2,1H3,(H,31,34)(H,32,36)/b22-11+. The third-order valence-corrected chi connectivity index (χ3v) is 6.08. The summed E-state index contributed by atoms with van der Waals surface area (Å²) >= 11 is 3.42. The minimum Gasteiger partial charge on any atom is -0.490 e. The fourth-order valence-electron chi connectivity index (χ4n) is 3.58. The van der Waals surface area contributed by atoms with Crippen LogP contribution in [-0.2, 0) is 16.1 Å². The number of urea groups is 1. The molecule has 3 aromatic carbocycles. The summed E-state index contributed by atoms with van der Waals surface area (Å²) in [4.78, 5) is 38.5. The molecule has 0 spiro atoms. The van der Waals surface area contributed by atoms with E-state index in [0.717, 1.165) is 4.90 Å². The van der Waals surface area contributed by atoms with Crippen LogP contribution in [0.5, 0.6) is 11.5 Å². The smallest absolute Gasteiger partial charge is 0.329 e. The number of nitrogens with zero attached hydrogens (tertiary/aromatic N) is 1. The second-order valence-electron chi connectivity index (χ2n) is 8.07. The molecule has 0 unspecified atom stereocenters. The highest BCUT2D eigenvalue weighted by atomic mass is 79.9. The van der Waals surface area contributed by atoms with Gasteiger partial charge in [0.05, 0.1) is 13.2 Å². The van der Waals surface area contributed by atoms with Gasteiger partial charge in [0.2, 0.25) is 0 Å². The Labute approximate surface area is 225 Å². The number of anilines is 1. The first-order valence-corrected chi connectivity index (χ1v) is 12.3. The van der Waals surface area contributed by atoms with E-state index in [4.69, 9.17) is 9.47 Å². The molecule has 0 atom stereocenters. The van der Waals surface area contributed by atoms with Crippen molar-refractivity contribution in [2.45, 2.75) is 13.5 Å². The van der Waals surface area contributed by atoms with Crippen LogP contribution >= 0.6 is 15.9 Å². The first kappa shape index (κ1) is 26.8. The molecule has 8 nitrogen and oxygen atoms in total. The summed E-state index contributed by atoms with van der Waals surface area (Å²) in [5.74, 6) is -1.44. The van der Waals surface area contributed by atoms with Crippen LogP contribution in [0.2, 0.25) is 0 Å². The Bertz CT molecular complexity index is 1410. The number of benzene rings is 3. The monoisotopic (exact) mass is 585 g/mol. The number of rotatable bonds is 9. The van der Waals surface area contributed by atoms with Gasteiger partial charge in [-0.3, -0.25) is 14.5 Å². The van der Waals surface area contributed by atoms with Crippen LogP contribution in [0.25, 0.3) is 6.08 Å². The summed E-state index contributed by atoms with van der Waals surface area (Å²) in [6.07, 6.45) is 1.46. The number of imide groups is 1. The van der Waals surface area contributed by atoms with Crippen molar-refractivity contribution in [2.75, 3.05) is 18.5 Å². The van der Waals surface area contributed by atoms with Crippen LogP contribution in [0.15, 0.2) is 70.8 Å². The highest BCUT2D eigenvalue weighted by Gasteiger charge is 2.34. The van der Waals surface area contributed by atoms with Gasteiger partial charge in [-0.1, -0.05) is 34.1 Å². The third kappa shape index (κ3) is 6.35. The van der Waals surface area contributed by atoms with E-state index < -0.39 is 29.5 Å². The van der Waals surface area contributed by atoms with Gasteiger partial charge in [-0.25, -0.2) is 13.6 Å². The van der Waals surface area contributed by atoms with Crippen molar-refractivity contribution in [3.8, 4) is 11.5 Å². The third-order valence-electron chi connectivity index (χ3n) is 5.40. The van der Waals surface area contributed by atoms with E-state index in [2.05, 4.69) is 26.6 Å². The van der Waals surface area contributed by atoms with Gasteiger partial charge in [0.25, 0.3) is 11.8 Å². The maximum absolute atomic E-state index is 14.0. The van der Waals surface area contributed by atoms with Gasteiger partial charge in [0.15, 0.2) is 18.1 Å². The fourth-order valence-corrected chi connectivity index (χ4v) is 4.02. The molecule has 4 amide bonds. The van der Waals surface area contributed by atoms with Crippen molar-refractivity contribution in [1.29, 1.82) is 0 Å². The highest BCUT2D eigenvalue weighted by Crippen LogP contribution is 2.35. The van der Waals surface area contributed by atoms with E-state index in [1.165, 1.54) is 48.5 Å². The molecule has 0 aliphatic carbocycles. The molecule has 0 aromatic heterocycles. The number of hydrogen-bond donors (Lipinski definition) is 2. The maximum Gasteiger partial charge on any atom is 0.329 e. The van der Waals surface area contributed by atoms with Crippen LogP contribution < -0.4 is 20.1 Å². The van der Waals surface area contributed by atoms with Crippen molar-refractivity contribution in [3.63, 3.8) is 0 Å². The number of nitrogens with one attached hydrogen (secondary N) is 2. The van der Waals surface area contributed by atoms with Gasteiger partial charge in [-0.2, -0.15) is 0 Å². The molecule has 4 rings (SSSR count). The van der Waals surface area contributed by atoms with Gasteiger partial charge in [0.1, 0.15) is 17.3 Å². The summed E-state index contributed by atoms with van der Waals surface area (Å²) in [5, 5.41) is 5.11. The Balaban J connectivity index is 1.49. The first-order valence-electron chi connectivity index (χ1n) is 11.5. The van der Waals surface area contributed by atoms with Crippen molar-refractivity contribution in [2.24, 2.45) is 0 Å². The van der Waals surface area contributed by atoms with Crippen molar-refractivity contribution >= 4 is 45.5 Å². The first-order chi connectivity index (χ1) is 18.2. The molecular weight excluding hydrogens is 564 g/mol. The van der Waals surface area contributed by atoms with Crippen LogP contribution in [0.1, 0.15) is 18.1 Å². The van der Waals surface area contributed by atoms with Crippen LogP contribution in [0, 0.1) is 11.6 Å². The SMILES string of the molecule is CCOc1cc(/C=C2/NC(=O)N(Cc3ccccc3F)C2=O)c(Br)cc1OCC(=O)Nc1ccc(F)cc1. The number of amides is 4. The van der Waals surface area contributed by atoms with E-state index in [0.29, 0.717) is 28.1 Å². The molecule has 1 aliphatic heterocycles. The molecular formula is C27H22BrF2N3O5. The van der Waals surface area contributed by atoms with Crippen molar-refractivity contribution < 1.29 is 32.6 Å². The molecule has 3 aromatic rings. The second-order valence-corrected chi connectivity index (χ2v) is 8.92. The van der Waals surface area contributed by atoms with E-state index in [1.807, 2.05) is 0 Å². The lowest BCUT2D eigenvalue weighted by Crippen LogP contribution is -2.30. The lowest BCUT2D eigenvalue weighted by atomic mass is 10.1. The summed E-state index contributed by atoms with van der Waals surface area (Å²) in [6, 6.07) is 13.7. The Kier molecular flexibility index (Phi) is 8.37. The normalized spacial score (nSPS) is 14.0. The fraction of sp³-hybridized carbons (Fsp3) is 0.148. The largest absolute Gasteiger partial charge is 0.490 e. The van der Waals surface area contributed by atoms with Crippen LogP contribution in [-0.4, -0.2) is 36.0 Å². The van der Waals surface area contributed by atoms with Gasteiger partial charge in [-0.05, 0) is 61.0 Å². The zero-order valence-corrected chi connectivity index (χ0v) is 21.7. The summed E-state index contributed by atoms with van der Waals surface area (Å²) in [5.41, 5.74) is 1.12. The van der Waals surface area contributed by atoms with E-state index >= 15 is 0 Å². The van der Waals surface area contributed by atoms with Crippen LogP contribution in [0.4, 0.5) is 19.3 Å². The average Bonchev–Trinajstić information content (AvgIpc) is 3.15. The van der Waals surface area contributed by atoms with E-state index in [-0.39, 0.29) is 30.2 Å². The van der Waals surface area contributed by atoms with Gasteiger partial charge >= 0.3 is 6.03 Å². The zero-order valence-electron chi connectivity index (χ0n) is 20.1. The number of halogens is 3.